The molecule has 3 N–H and O–H groups in total. The lowest BCUT2D eigenvalue weighted by Crippen LogP contribution is -2.97. The van der Waals surface area contributed by atoms with Crippen molar-refractivity contribution in [2.75, 3.05) is 0 Å². The second-order valence-electron chi connectivity index (χ2n) is 6.06. The fraction of sp³-hybridized carbons (Fsp3) is 0.333. The normalized spacial score (nSPS) is 30.1. The monoisotopic (exact) mass is 268 g/mol. The van der Waals surface area contributed by atoms with Crippen LogP contribution in [0, 0.1) is 0 Å². The Morgan fingerprint density at radius 2 is 1.60 bits per heavy atom. The smallest absolute Gasteiger partial charge is 0.122 e. The standard InChI is InChI=1S/C18H21NO/c1-18(15-10-6-3-7-11-15)13-16(20)12-17(19-18)14-8-4-2-5-9-14/h2-11,16-17,19-20H,12-13H2,1H3/p+1/t16-,17-,18-/m1/s1. The number of piperidine rings is 1. The van der Waals surface area contributed by atoms with E-state index in [4.69, 9.17) is 0 Å². The summed E-state index contributed by atoms with van der Waals surface area (Å²) in [6, 6.07) is 21.3. The van der Waals surface area contributed by atoms with Crippen LogP contribution in [-0.2, 0) is 5.54 Å². The first-order chi connectivity index (χ1) is 9.67. The molecular formula is C18H22NO+. The van der Waals surface area contributed by atoms with Gasteiger partial charge in [0, 0.05) is 24.0 Å². The molecule has 0 aromatic heterocycles. The van der Waals surface area contributed by atoms with Crippen LogP contribution >= 0.6 is 0 Å². The zero-order valence-electron chi connectivity index (χ0n) is 11.9. The van der Waals surface area contributed by atoms with E-state index < -0.39 is 0 Å². The highest BCUT2D eigenvalue weighted by Gasteiger charge is 2.41. The molecule has 0 bridgehead atoms. The average Bonchev–Trinajstić information content (AvgIpc) is 2.48. The van der Waals surface area contributed by atoms with Crippen LogP contribution < -0.4 is 5.32 Å². The second kappa shape index (κ2) is 5.39. The summed E-state index contributed by atoms with van der Waals surface area (Å²) in [7, 11) is 0. The third-order valence-electron chi connectivity index (χ3n) is 4.42. The predicted molar refractivity (Wildman–Crippen MR) is 80.1 cm³/mol. The largest absolute Gasteiger partial charge is 0.393 e. The van der Waals surface area contributed by atoms with Gasteiger partial charge in [-0.05, 0) is 6.92 Å². The molecule has 0 radical (unpaired) electrons. The molecule has 3 atom stereocenters. The van der Waals surface area contributed by atoms with Gasteiger partial charge in [0.15, 0.2) is 0 Å². The van der Waals surface area contributed by atoms with Gasteiger partial charge < -0.3 is 10.4 Å². The van der Waals surface area contributed by atoms with E-state index in [2.05, 4.69) is 60.8 Å². The summed E-state index contributed by atoms with van der Waals surface area (Å²) >= 11 is 0. The number of rotatable bonds is 2. The summed E-state index contributed by atoms with van der Waals surface area (Å²) < 4.78 is 0. The molecule has 0 unspecified atom stereocenters. The van der Waals surface area contributed by atoms with Crippen molar-refractivity contribution in [3.8, 4) is 0 Å². The molecule has 0 amide bonds. The highest BCUT2D eigenvalue weighted by Crippen LogP contribution is 2.31. The summed E-state index contributed by atoms with van der Waals surface area (Å²) in [6.45, 7) is 2.24. The first-order valence-electron chi connectivity index (χ1n) is 7.32. The van der Waals surface area contributed by atoms with Gasteiger partial charge in [0.1, 0.15) is 11.6 Å². The molecule has 3 rings (SSSR count). The quantitative estimate of drug-likeness (QED) is 0.862. The zero-order chi connectivity index (χ0) is 14.0. The number of aliphatic hydroxyl groups is 1. The molecule has 2 aromatic carbocycles. The fourth-order valence-electron chi connectivity index (χ4n) is 3.41. The number of quaternary nitrogens is 1. The van der Waals surface area contributed by atoms with Crippen LogP contribution in [0.4, 0.5) is 0 Å². The van der Waals surface area contributed by atoms with E-state index in [0.29, 0.717) is 6.04 Å². The Morgan fingerprint density at radius 3 is 2.25 bits per heavy atom. The van der Waals surface area contributed by atoms with Crippen LogP contribution in [0.5, 0.6) is 0 Å². The molecule has 0 aliphatic carbocycles. The maximum Gasteiger partial charge on any atom is 0.122 e. The Labute approximate surface area is 120 Å². The van der Waals surface area contributed by atoms with Crippen molar-refractivity contribution in [2.24, 2.45) is 0 Å². The van der Waals surface area contributed by atoms with E-state index in [9.17, 15) is 5.11 Å². The van der Waals surface area contributed by atoms with E-state index in [0.717, 1.165) is 12.8 Å². The minimum atomic E-state index is -0.240. The minimum absolute atomic E-state index is 0.0561. The SMILES string of the molecule is C[C@]1(c2ccccc2)C[C@H](O)C[C@H](c2ccccc2)[NH2+]1. The van der Waals surface area contributed by atoms with Gasteiger partial charge in [0.05, 0.1) is 6.10 Å². The van der Waals surface area contributed by atoms with Crippen molar-refractivity contribution in [3.05, 3.63) is 71.8 Å². The average molecular weight is 268 g/mol. The number of benzene rings is 2. The molecule has 0 spiro atoms. The number of nitrogens with two attached hydrogens (primary N) is 1. The van der Waals surface area contributed by atoms with Gasteiger partial charge in [-0.1, -0.05) is 60.7 Å². The van der Waals surface area contributed by atoms with Gasteiger partial charge in [0.2, 0.25) is 0 Å². The molecule has 1 aliphatic heterocycles. The summed E-state index contributed by atoms with van der Waals surface area (Å²) in [4.78, 5) is 0. The first kappa shape index (κ1) is 13.3. The summed E-state index contributed by atoms with van der Waals surface area (Å²) in [6.07, 6.45) is 1.39. The van der Waals surface area contributed by atoms with Gasteiger partial charge in [-0.3, -0.25) is 0 Å². The van der Waals surface area contributed by atoms with Crippen LogP contribution in [0.3, 0.4) is 0 Å². The second-order valence-corrected chi connectivity index (χ2v) is 6.06. The Bertz CT molecular complexity index is 554. The molecule has 0 saturated carbocycles. The Kier molecular flexibility index (Phi) is 3.60. The number of aliphatic hydroxyl groups excluding tert-OH is 1. The third-order valence-corrected chi connectivity index (χ3v) is 4.42. The molecule has 1 aliphatic rings. The molecule has 2 nitrogen and oxygen atoms in total. The summed E-state index contributed by atoms with van der Waals surface area (Å²) in [5.74, 6) is 0. The van der Waals surface area contributed by atoms with E-state index in [1.165, 1.54) is 11.1 Å². The van der Waals surface area contributed by atoms with Gasteiger partial charge in [-0.15, -0.1) is 0 Å². The van der Waals surface area contributed by atoms with E-state index in [1.807, 2.05) is 12.1 Å². The lowest BCUT2D eigenvalue weighted by Gasteiger charge is -2.39. The maximum absolute atomic E-state index is 10.3. The zero-order valence-corrected chi connectivity index (χ0v) is 11.9. The molecule has 2 aromatic rings. The van der Waals surface area contributed by atoms with Crippen molar-refractivity contribution in [1.82, 2.24) is 0 Å². The number of hydrogen-bond acceptors (Lipinski definition) is 1. The van der Waals surface area contributed by atoms with Crippen LogP contribution in [0.15, 0.2) is 60.7 Å². The van der Waals surface area contributed by atoms with Gasteiger partial charge in [0.25, 0.3) is 0 Å². The first-order valence-corrected chi connectivity index (χ1v) is 7.32. The van der Waals surface area contributed by atoms with Gasteiger partial charge in [-0.25, -0.2) is 0 Å². The molecule has 20 heavy (non-hydrogen) atoms. The molecule has 1 saturated heterocycles. The summed E-state index contributed by atoms with van der Waals surface area (Å²) in [5, 5.41) is 12.7. The molecule has 1 fully saturated rings. The lowest BCUT2D eigenvalue weighted by molar-refractivity contribution is -0.780. The Balaban J connectivity index is 1.90. The van der Waals surface area contributed by atoms with Crippen molar-refractivity contribution in [3.63, 3.8) is 0 Å². The Morgan fingerprint density at radius 1 is 1.00 bits per heavy atom. The molecule has 2 heteroatoms. The van der Waals surface area contributed by atoms with Crippen molar-refractivity contribution in [2.45, 2.75) is 37.5 Å². The topological polar surface area (TPSA) is 36.8 Å². The highest BCUT2D eigenvalue weighted by molar-refractivity contribution is 5.23. The van der Waals surface area contributed by atoms with Crippen LogP contribution in [0.2, 0.25) is 0 Å². The van der Waals surface area contributed by atoms with Gasteiger partial charge in [-0.2, -0.15) is 0 Å². The Hall–Kier alpha value is -1.64. The highest BCUT2D eigenvalue weighted by atomic mass is 16.3. The maximum atomic E-state index is 10.3. The van der Waals surface area contributed by atoms with E-state index in [-0.39, 0.29) is 11.6 Å². The number of hydrogen-bond donors (Lipinski definition) is 2. The third kappa shape index (κ3) is 2.62. The predicted octanol–water partition coefficient (Wildman–Crippen LogP) is 2.36. The van der Waals surface area contributed by atoms with Gasteiger partial charge >= 0.3 is 0 Å². The fourth-order valence-corrected chi connectivity index (χ4v) is 3.41. The van der Waals surface area contributed by atoms with E-state index >= 15 is 0 Å². The molecule has 1 heterocycles. The van der Waals surface area contributed by atoms with Crippen molar-refractivity contribution < 1.29 is 10.4 Å². The molecular weight excluding hydrogens is 246 g/mol. The molecule has 104 valence electrons. The van der Waals surface area contributed by atoms with Crippen LogP contribution in [-0.4, -0.2) is 11.2 Å². The van der Waals surface area contributed by atoms with Crippen molar-refractivity contribution in [1.29, 1.82) is 0 Å². The van der Waals surface area contributed by atoms with E-state index in [1.54, 1.807) is 0 Å². The summed E-state index contributed by atoms with van der Waals surface area (Å²) in [5.41, 5.74) is 2.53. The minimum Gasteiger partial charge on any atom is -0.393 e. The van der Waals surface area contributed by atoms with Crippen LogP contribution in [0.1, 0.15) is 36.9 Å². The lowest BCUT2D eigenvalue weighted by atomic mass is 9.79. The van der Waals surface area contributed by atoms with Crippen molar-refractivity contribution >= 4 is 0 Å². The van der Waals surface area contributed by atoms with Crippen LogP contribution in [0.25, 0.3) is 0 Å².